The first kappa shape index (κ1) is 21.9. The molecule has 1 heterocycles. The Morgan fingerprint density at radius 1 is 1.13 bits per heavy atom. The zero-order chi connectivity index (χ0) is 21.5. The molecule has 0 radical (unpaired) electrons. The third-order valence-corrected chi connectivity index (χ3v) is 5.71. The Balaban J connectivity index is 1.56. The molecule has 9 heteroatoms. The second-order valence-corrected chi connectivity index (χ2v) is 7.84. The quantitative estimate of drug-likeness (QED) is 0.515. The fourth-order valence-corrected chi connectivity index (χ4v) is 3.72. The second-order valence-electron chi connectivity index (χ2n) is 6.49. The van der Waals surface area contributed by atoms with Crippen LogP contribution in [0, 0.1) is 6.92 Å². The van der Waals surface area contributed by atoms with Gasteiger partial charge in [-0.15, -0.1) is 10.2 Å². The Labute approximate surface area is 184 Å². The highest BCUT2D eigenvalue weighted by atomic mass is 35.5. The molecule has 0 saturated heterocycles. The third kappa shape index (κ3) is 5.61. The van der Waals surface area contributed by atoms with Crippen LogP contribution in [0.25, 0.3) is 0 Å². The first-order chi connectivity index (χ1) is 14.5. The normalized spacial score (nSPS) is 10.6. The van der Waals surface area contributed by atoms with Gasteiger partial charge in [-0.3, -0.25) is 9.59 Å². The van der Waals surface area contributed by atoms with Gasteiger partial charge in [0.05, 0.1) is 12.3 Å². The number of nitrogens with zero attached hydrogens (tertiary/aromatic N) is 3. The number of amides is 2. The summed E-state index contributed by atoms with van der Waals surface area (Å²) in [6, 6.07) is 14.4. The van der Waals surface area contributed by atoms with E-state index in [1.807, 2.05) is 48.7 Å². The molecule has 3 rings (SSSR count). The number of anilines is 1. The van der Waals surface area contributed by atoms with Crippen LogP contribution in [-0.2, 0) is 17.9 Å². The lowest BCUT2D eigenvalue weighted by molar-refractivity contribution is -0.113. The topological polar surface area (TPSA) is 88.9 Å². The maximum absolute atomic E-state index is 12.3. The van der Waals surface area contributed by atoms with Crippen LogP contribution in [0.5, 0.6) is 0 Å². The number of aryl methyl sites for hydroxylation is 1. The molecule has 0 bridgehead atoms. The van der Waals surface area contributed by atoms with Crippen LogP contribution < -0.4 is 10.6 Å². The number of thioether (sulfide) groups is 1. The van der Waals surface area contributed by atoms with Gasteiger partial charge in [0.2, 0.25) is 5.91 Å². The summed E-state index contributed by atoms with van der Waals surface area (Å²) in [5, 5.41) is 15.2. The highest BCUT2D eigenvalue weighted by Crippen LogP contribution is 2.21. The molecule has 0 aliphatic rings. The fourth-order valence-electron chi connectivity index (χ4n) is 2.72. The lowest BCUT2D eigenvalue weighted by Crippen LogP contribution is -2.24. The number of rotatable bonds is 8. The fraction of sp³-hybridized carbons (Fsp3) is 0.238. The minimum Gasteiger partial charge on any atom is -0.345 e. The van der Waals surface area contributed by atoms with Crippen molar-refractivity contribution in [3.8, 4) is 0 Å². The number of halogens is 1. The Morgan fingerprint density at radius 2 is 1.90 bits per heavy atom. The molecule has 2 N–H and O–H groups in total. The Morgan fingerprint density at radius 3 is 2.60 bits per heavy atom. The molecule has 0 saturated carbocycles. The standard InChI is InChI=1S/C21H22ClN5O2S/c1-3-27-18(12-23-20(29)15-7-5-4-6-8-15)25-26-21(27)30-13-19(28)24-16-10-9-14(2)17(22)11-16/h4-11H,3,12-13H2,1-2H3,(H,23,29)(H,24,28). The predicted octanol–water partition coefficient (Wildman–Crippen LogP) is 3.92. The zero-order valence-corrected chi connectivity index (χ0v) is 18.3. The van der Waals surface area contributed by atoms with Crippen molar-refractivity contribution in [1.29, 1.82) is 0 Å². The molecule has 0 spiro atoms. The van der Waals surface area contributed by atoms with E-state index < -0.39 is 0 Å². The highest BCUT2D eigenvalue weighted by Gasteiger charge is 2.14. The van der Waals surface area contributed by atoms with E-state index in [4.69, 9.17) is 11.6 Å². The van der Waals surface area contributed by atoms with E-state index in [0.29, 0.717) is 33.8 Å². The SMILES string of the molecule is CCn1c(CNC(=O)c2ccccc2)nnc1SCC(=O)Nc1ccc(C)c(Cl)c1. The van der Waals surface area contributed by atoms with E-state index >= 15 is 0 Å². The summed E-state index contributed by atoms with van der Waals surface area (Å²) in [7, 11) is 0. The average molecular weight is 444 g/mol. The molecule has 0 unspecified atom stereocenters. The largest absolute Gasteiger partial charge is 0.345 e. The minimum atomic E-state index is -0.174. The van der Waals surface area contributed by atoms with Gasteiger partial charge in [0.25, 0.3) is 5.91 Å². The van der Waals surface area contributed by atoms with Gasteiger partial charge >= 0.3 is 0 Å². The summed E-state index contributed by atoms with van der Waals surface area (Å²) in [5.41, 5.74) is 2.19. The maximum atomic E-state index is 12.3. The van der Waals surface area contributed by atoms with Gasteiger partial charge in [0.15, 0.2) is 11.0 Å². The molecule has 2 aromatic carbocycles. The van der Waals surface area contributed by atoms with Crippen LogP contribution in [0.3, 0.4) is 0 Å². The number of hydrogen-bond acceptors (Lipinski definition) is 5. The molecule has 0 fully saturated rings. The summed E-state index contributed by atoms with van der Waals surface area (Å²) in [6.07, 6.45) is 0. The molecule has 156 valence electrons. The van der Waals surface area contributed by atoms with Gasteiger partial charge in [-0.1, -0.05) is 47.6 Å². The van der Waals surface area contributed by atoms with Gasteiger partial charge in [-0.25, -0.2) is 0 Å². The number of carbonyl (C=O) groups excluding carboxylic acids is 2. The summed E-state index contributed by atoms with van der Waals surface area (Å²) >= 11 is 7.38. The van der Waals surface area contributed by atoms with Crippen LogP contribution in [0.2, 0.25) is 5.02 Å². The Hall–Kier alpha value is -2.84. The van der Waals surface area contributed by atoms with E-state index in [-0.39, 0.29) is 24.1 Å². The summed E-state index contributed by atoms with van der Waals surface area (Å²) in [4.78, 5) is 24.5. The first-order valence-corrected chi connectivity index (χ1v) is 10.8. The highest BCUT2D eigenvalue weighted by molar-refractivity contribution is 7.99. The summed E-state index contributed by atoms with van der Waals surface area (Å²) in [5.74, 6) is 0.478. The molecule has 1 aromatic heterocycles. The smallest absolute Gasteiger partial charge is 0.251 e. The number of carbonyl (C=O) groups is 2. The van der Waals surface area contributed by atoms with E-state index in [1.54, 1.807) is 18.2 Å². The van der Waals surface area contributed by atoms with Crippen molar-refractivity contribution < 1.29 is 9.59 Å². The lowest BCUT2D eigenvalue weighted by atomic mass is 10.2. The van der Waals surface area contributed by atoms with Crippen LogP contribution in [-0.4, -0.2) is 32.3 Å². The Bertz CT molecular complexity index is 1040. The molecule has 2 amide bonds. The van der Waals surface area contributed by atoms with Gasteiger partial charge in [0, 0.05) is 22.8 Å². The third-order valence-electron chi connectivity index (χ3n) is 4.34. The molecule has 3 aromatic rings. The number of hydrogen-bond donors (Lipinski definition) is 2. The van der Waals surface area contributed by atoms with E-state index in [0.717, 1.165) is 5.56 Å². The monoisotopic (exact) mass is 443 g/mol. The van der Waals surface area contributed by atoms with Crippen LogP contribution in [0.15, 0.2) is 53.7 Å². The molecule has 0 aliphatic heterocycles. The van der Waals surface area contributed by atoms with Crippen molar-refractivity contribution in [3.63, 3.8) is 0 Å². The van der Waals surface area contributed by atoms with Crippen molar-refractivity contribution in [3.05, 3.63) is 70.5 Å². The van der Waals surface area contributed by atoms with Crippen LogP contribution in [0.1, 0.15) is 28.7 Å². The van der Waals surface area contributed by atoms with Crippen LogP contribution in [0.4, 0.5) is 5.69 Å². The van der Waals surface area contributed by atoms with Crippen LogP contribution >= 0.6 is 23.4 Å². The number of nitrogens with one attached hydrogen (secondary N) is 2. The van der Waals surface area contributed by atoms with E-state index in [1.165, 1.54) is 11.8 Å². The van der Waals surface area contributed by atoms with Gasteiger partial charge in [0.1, 0.15) is 0 Å². The summed E-state index contributed by atoms with van der Waals surface area (Å²) < 4.78 is 1.88. The van der Waals surface area contributed by atoms with Gasteiger partial charge in [-0.2, -0.15) is 0 Å². The first-order valence-electron chi connectivity index (χ1n) is 9.42. The lowest BCUT2D eigenvalue weighted by Gasteiger charge is -2.09. The minimum absolute atomic E-state index is 0.162. The van der Waals surface area contributed by atoms with Crippen molar-refractivity contribution in [2.24, 2.45) is 0 Å². The van der Waals surface area contributed by atoms with Crippen molar-refractivity contribution in [2.45, 2.75) is 32.1 Å². The molecular formula is C21H22ClN5O2S. The molecule has 0 atom stereocenters. The Kier molecular flexibility index (Phi) is 7.48. The molecule has 30 heavy (non-hydrogen) atoms. The van der Waals surface area contributed by atoms with E-state index in [9.17, 15) is 9.59 Å². The second kappa shape index (κ2) is 10.3. The van der Waals surface area contributed by atoms with Crippen molar-refractivity contribution >= 4 is 40.9 Å². The van der Waals surface area contributed by atoms with Gasteiger partial charge < -0.3 is 15.2 Å². The predicted molar refractivity (Wildman–Crippen MR) is 119 cm³/mol. The summed E-state index contributed by atoms with van der Waals surface area (Å²) in [6.45, 7) is 4.75. The molecule has 7 nitrogen and oxygen atoms in total. The zero-order valence-electron chi connectivity index (χ0n) is 16.7. The molecular weight excluding hydrogens is 422 g/mol. The number of benzene rings is 2. The maximum Gasteiger partial charge on any atom is 0.251 e. The van der Waals surface area contributed by atoms with Gasteiger partial charge in [-0.05, 0) is 43.7 Å². The average Bonchev–Trinajstić information content (AvgIpc) is 3.15. The van der Waals surface area contributed by atoms with Crippen molar-refractivity contribution in [2.75, 3.05) is 11.1 Å². The number of aromatic nitrogens is 3. The molecule has 0 aliphatic carbocycles. The van der Waals surface area contributed by atoms with Crippen molar-refractivity contribution in [1.82, 2.24) is 20.1 Å². The van der Waals surface area contributed by atoms with E-state index in [2.05, 4.69) is 20.8 Å².